The molecule has 13 heteroatoms. The Kier molecular flexibility index (Phi) is 13.9. The highest BCUT2D eigenvalue weighted by molar-refractivity contribution is 5.99. The maximum Gasteiger partial charge on any atom is 0.303 e. The molecule has 3 N–H and O–H groups in total. The van der Waals surface area contributed by atoms with Crippen molar-refractivity contribution in [2.24, 2.45) is 5.16 Å². The smallest absolute Gasteiger partial charge is 0.303 e. The first-order chi connectivity index (χ1) is 23.3. The fourth-order valence-corrected chi connectivity index (χ4v) is 4.71. The Morgan fingerprint density at radius 2 is 1.67 bits per heavy atom. The molecule has 4 aromatic rings. The van der Waals surface area contributed by atoms with Crippen LogP contribution in [-0.2, 0) is 25.8 Å². The summed E-state index contributed by atoms with van der Waals surface area (Å²) in [5.41, 5.74) is 4.52. The van der Waals surface area contributed by atoms with Crippen molar-refractivity contribution in [1.82, 2.24) is 14.9 Å². The third-order valence-electron chi connectivity index (χ3n) is 7.29. The van der Waals surface area contributed by atoms with E-state index in [4.69, 9.17) is 29.3 Å². The van der Waals surface area contributed by atoms with E-state index in [0.29, 0.717) is 30.5 Å². The maximum atomic E-state index is 9.64. The van der Waals surface area contributed by atoms with E-state index < -0.39 is 11.9 Å². The summed E-state index contributed by atoms with van der Waals surface area (Å²) in [4.78, 5) is 36.2. The Hall–Kier alpha value is -5.27. The van der Waals surface area contributed by atoms with Crippen molar-refractivity contribution >= 4 is 40.1 Å². The fraction of sp³-hybridized carbons (Fsp3) is 0.343. The first kappa shape index (κ1) is 35.6. The third kappa shape index (κ3) is 11.5. The number of rotatable bonds is 15. The van der Waals surface area contributed by atoms with E-state index in [1.54, 1.807) is 13.4 Å². The molecule has 1 fully saturated rings. The van der Waals surface area contributed by atoms with E-state index in [0.717, 1.165) is 72.7 Å². The van der Waals surface area contributed by atoms with Crippen LogP contribution >= 0.6 is 0 Å². The van der Waals surface area contributed by atoms with Gasteiger partial charge in [-0.3, -0.25) is 14.5 Å². The van der Waals surface area contributed by atoms with Gasteiger partial charge >= 0.3 is 11.9 Å². The Bertz CT molecular complexity index is 1630. The minimum absolute atomic E-state index is 0.296. The molecule has 1 aromatic heterocycles. The number of benzene rings is 3. The number of carbonyl (C=O) groups is 2. The van der Waals surface area contributed by atoms with Crippen molar-refractivity contribution in [1.29, 1.82) is 0 Å². The van der Waals surface area contributed by atoms with Gasteiger partial charge in [0.25, 0.3) is 0 Å². The molecule has 1 aliphatic heterocycles. The first-order valence-electron chi connectivity index (χ1n) is 15.6. The zero-order valence-electron chi connectivity index (χ0n) is 27.1. The number of nitrogens with one attached hydrogen (secondary N) is 1. The van der Waals surface area contributed by atoms with E-state index in [-0.39, 0.29) is 12.8 Å². The quantitative estimate of drug-likeness (QED) is 0.0851. The highest BCUT2D eigenvalue weighted by Gasteiger charge is 2.14. The fourth-order valence-electron chi connectivity index (χ4n) is 4.71. The summed E-state index contributed by atoms with van der Waals surface area (Å²) >= 11 is 0. The number of anilines is 2. The lowest BCUT2D eigenvalue weighted by molar-refractivity contribution is -0.143. The van der Waals surface area contributed by atoms with Gasteiger partial charge in [-0.2, -0.15) is 0 Å². The highest BCUT2D eigenvalue weighted by atomic mass is 16.6. The summed E-state index contributed by atoms with van der Waals surface area (Å²) in [5, 5.41) is 24.3. The lowest BCUT2D eigenvalue weighted by Crippen LogP contribution is -2.37. The van der Waals surface area contributed by atoms with Crippen molar-refractivity contribution in [2.45, 2.75) is 32.8 Å². The van der Waals surface area contributed by atoms with Gasteiger partial charge in [-0.05, 0) is 42.7 Å². The Labute approximate surface area is 279 Å². The molecule has 254 valence electrons. The molecule has 1 aliphatic rings. The monoisotopic (exact) mass is 659 g/mol. The average Bonchev–Trinajstić information content (AvgIpc) is 3.10. The van der Waals surface area contributed by atoms with Gasteiger partial charge in [0.2, 0.25) is 0 Å². The molecule has 0 radical (unpaired) electrons. The summed E-state index contributed by atoms with van der Waals surface area (Å²) in [6, 6.07) is 21.8. The normalized spacial score (nSPS) is 13.2. The van der Waals surface area contributed by atoms with E-state index in [9.17, 15) is 9.59 Å². The average molecular weight is 660 g/mol. The molecule has 0 bridgehead atoms. The van der Waals surface area contributed by atoms with Gasteiger partial charge < -0.3 is 34.6 Å². The summed E-state index contributed by atoms with van der Waals surface area (Å²) in [7, 11) is 1.64. The van der Waals surface area contributed by atoms with Crippen LogP contribution in [0, 0.1) is 0 Å². The molecular weight excluding hydrogens is 618 g/mol. The largest absolute Gasteiger partial charge is 0.493 e. The predicted molar refractivity (Wildman–Crippen MR) is 181 cm³/mol. The van der Waals surface area contributed by atoms with Crippen LogP contribution in [0.15, 0.2) is 78.2 Å². The van der Waals surface area contributed by atoms with E-state index in [1.165, 1.54) is 0 Å². The summed E-state index contributed by atoms with van der Waals surface area (Å²) < 4.78 is 17.2. The molecule has 1 saturated heterocycles. The van der Waals surface area contributed by atoms with Crippen LogP contribution < -0.4 is 14.8 Å². The SMILES string of the molecule is COc1cc2ncnc(Nc3ccc(C(C)=NOCc4ccccc4)cc3)c2cc1OCCCN1CCOCC1.O=C(O)CCC(=O)O. The summed E-state index contributed by atoms with van der Waals surface area (Å²) in [6.07, 6.45) is 1.87. The standard InChI is InChI=1S/C31H35N5O4.C4H6O4/c1-23(35-40-21-24-7-4-3-5-8-24)25-9-11-26(12-10-25)34-31-27-19-30(29(37-2)20-28(27)32-22-33-31)39-16-6-13-36-14-17-38-18-15-36;5-3(6)1-2-4(7)8/h3-5,7-12,19-20,22H,6,13-18,21H2,1-2H3,(H,32,33,34);1-2H2,(H,5,6)(H,7,8). The molecule has 0 amide bonds. The van der Waals surface area contributed by atoms with Gasteiger partial charge in [0.05, 0.1) is 51.0 Å². The van der Waals surface area contributed by atoms with Crippen molar-refractivity contribution in [2.75, 3.05) is 51.9 Å². The van der Waals surface area contributed by atoms with Crippen LogP contribution in [0.5, 0.6) is 11.5 Å². The van der Waals surface area contributed by atoms with Gasteiger partial charge in [0.1, 0.15) is 18.8 Å². The number of aliphatic carboxylic acids is 2. The topological polar surface area (TPSA) is 165 Å². The van der Waals surface area contributed by atoms with Gasteiger partial charge in [-0.1, -0.05) is 47.6 Å². The molecule has 0 spiro atoms. The molecule has 5 rings (SSSR count). The summed E-state index contributed by atoms with van der Waals surface area (Å²) in [6.45, 7) is 7.48. The number of aromatic nitrogens is 2. The third-order valence-corrected chi connectivity index (χ3v) is 7.29. The number of ether oxygens (including phenoxy) is 3. The predicted octanol–water partition coefficient (Wildman–Crippen LogP) is 5.36. The van der Waals surface area contributed by atoms with Gasteiger partial charge in [0, 0.05) is 36.8 Å². The van der Waals surface area contributed by atoms with Gasteiger partial charge in [0.15, 0.2) is 11.5 Å². The number of methoxy groups -OCH3 is 1. The molecule has 2 heterocycles. The molecule has 0 unspecified atom stereocenters. The second-order valence-corrected chi connectivity index (χ2v) is 10.8. The van der Waals surface area contributed by atoms with Crippen molar-refractivity contribution in [3.8, 4) is 11.5 Å². The number of oxime groups is 1. The zero-order chi connectivity index (χ0) is 34.1. The molecule has 3 aromatic carbocycles. The number of fused-ring (bicyclic) bond motifs is 1. The lowest BCUT2D eigenvalue weighted by atomic mass is 10.1. The lowest BCUT2D eigenvalue weighted by Gasteiger charge is -2.26. The molecule has 0 aliphatic carbocycles. The number of morpholine rings is 1. The zero-order valence-corrected chi connectivity index (χ0v) is 27.1. The minimum atomic E-state index is -1.08. The van der Waals surface area contributed by atoms with Crippen LogP contribution in [0.3, 0.4) is 0 Å². The van der Waals surface area contributed by atoms with Crippen molar-refractivity contribution in [3.63, 3.8) is 0 Å². The number of nitrogens with zero attached hydrogens (tertiary/aromatic N) is 4. The minimum Gasteiger partial charge on any atom is -0.493 e. The van der Waals surface area contributed by atoms with Crippen LogP contribution in [0.2, 0.25) is 0 Å². The van der Waals surface area contributed by atoms with Gasteiger partial charge in [-0.25, -0.2) is 9.97 Å². The molecule has 13 nitrogen and oxygen atoms in total. The van der Waals surface area contributed by atoms with Crippen LogP contribution in [0.1, 0.15) is 37.3 Å². The number of hydrogen-bond acceptors (Lipinski definition) is 11. The highest BCUT2D eigenvalue weighted by Crippen LogP contribution is 2.35. The number of hydrogen-bond donors (Lipinski definition) is 3. The molecule has 0 saturated carbocycles. The van der Waals surface area contributed by atoms with E-state index in [2.05, 4.69) is 25.3 Å². The van der Waals surface area contributed by atoms with Crippen molar-refractivity contribution < 1.29 is 38.9 Å². The van der Waals surface area contributed by atoms with Crippen LogP contribution in [0.4, 0.5) is 11.5 Å². The number of carboxylic acid groups (broad SMARTS) is 2. The molecule has 48 heavy (non-hydrogen) atoms. The molecular formula is C35H41N5O8. The Morgan fingerprint density at radius 3 is 2.33 bits per heavy atom. The van der Waals surface area contributed by atoms with E-state index >= 15 is 0 Å². The van der Waals surface area contributed by atoms with E-state index in [1.807, 2.05) is 73.7 Å². The Morgan fingerprint density at radius 1 is 0.958 bits per heavy atom. The second-order valence-electron chi connectivity index (χ2n) is 10.8. The summed E-state index contributed by atoms with van der Waals surface area (Å²) in [5.74, 6) is -0.139. The first-order valence-corrected chi connectivity index (χ1v) is 15.6. The maximum absolute atomic E-state index is 9.64. The van der Waals surface area contributed by atoms with Crippen LogP contribution in [0.25, 0.3) is 10.9 Å². The number of carboxylic acids is 2. The Balaban J connectivity index is 0.000000579. The van der Waals surface area contributed by atoms with Crippen LogP contribution in [-0.4, -0.2) is 89.3 Å². The van der Waals surface area contributed by atoms with Gasteiger partial charge in [-0.15, -0.1) is 0 Å². The van der Waals surface area contributed by atoms with Crippen molar-refractivity contribution in [3.05, 3.63) is 84.2 Å². The second kappa shape index (κ2) is 18.8. The molecule has 0 atom stereocenters.